The molecule has 26 heavy (non-hydrogen) atoms. The van der Waals surface area contributed by atoms with Gasteiger partial charge in [0.1, 0.15) is 0 Å². The van der Waals surface area contributed by atoms with Gasteiger partial charge in [-0.2, -0.15) is 0 Å². The van der Waals surface area contributed by atoms with Gasteiger partial charge in [0.05, 0.1) is 6.54 Å². The van der Waals surface area contributed by atoms with Crippen LogP contribution in [-0.4, -0.2) is 43.4 Å². The van der Waals surface area contributed by atoms with Gasteiger partial charge < -0.3 is 15.5 Å². The molecule has 0 atom stereocenters. The van der Waals surface area contributed by atoms with E-state index in [2.05, 4.69) is 53.6 Å². The fourth-order valence-electron chi connectivity index (χ4n) is 3.36. The van der Waals surface area contributed by atoms with Crippen molar-refractivity contribution in [3.05, 3.63) is 35.4 Å². The number of carbonyl (C=O) groups excluding carboxylic acids is 1. The minimum atomic E-state index is 0. The number of nitrogens with one attached hydrogen (secondary N) is 2. The lowest BCUT2D eigenvalue weighted by Gasteiger charge is -2.34. The number of aliphatic imine (C=N–C) groups is 1. The number of benzene rings is 1. The van der Waals surface area contributed by atoms with E-state index in [4.69, 9.17) is 4.99 Å². The minimum absolute atomic E-state index is 0. The highest BCUT2D eigenvalue weighted by atomic mass is 127. The van der Waals surface area contributed by atoms with E-state index in [1.807, 2.05) is 0 Å². The molecule has 1 aliphatic heterocycles. The second-order valence-corrected chi connectivity index (χ2v) is 6.60. The summed E-state index contributed by atoms with van der Waals surface area (Å²) >= 11 is 0. The van der Waals surface area contributed by atoms with Gasteiger partial charge in [-0.3, -0.25) is 4.79 Å². The molecule has 1 saturated heterocycles. The number of aryl methyl sites for hydroxylation is 1. The Morgan fingerprint density at radius 1 is 1.19 bits per heavy atom. The molecule has 1 fully saturated rings. The van der Waals surface area contributed by atoms with Crippen molar-refractivity contribution in [2.45, 2.75) is 46.1 Å². The predicted octanol–water partition coefficient (Wildman–Crippen LogP) is 3.18. The molecular formula is C20H33IN4O. The minimum Gasteiger partial charge on any atom is -0.359 e. The molecule has 0 radical (unpaired) electrons. The Balaban J connectivity index is 0.00000338. The highest BCUT2D eigenvalue weighted by Crippen LogP contribution is 2.20. The molecule has 1 heterocycles. The van der Waals surface area contributed by atoms with Crippen LogP contribution in [0.5, 0.6) is 0 Å². The lowest BCUT2D eigenvalue weighted by atomic mass is 9.93. The monoisotopic (exact) mass is 472 g/mol. The quantitative estimate of drug-likeness (QED) is 0.380. The zero-order valence-corrected chi connectivity index (χ0v) is 18.6. The molecule has 0 aliphatic carbocycles. The average Bonchev–Trinajstić information content (AvgIpc) is 2.66. The number of guanidine groups is 1. The summed E-state index contributed by atoms with van der Waals surface area (Å²) in [5, 5.41) is 6.15. The Morgan fingerprint density at radius 3 is 2.42 bits per heavy atom. The molecule has 1 aromatic carbocycles. The number of halogens is 1. The molecule has 6 heteroatoms. The van der Waals surface area contributed by atoms with Crippen LogP contribution in [0, 0.1) is 5.92 Å². The molecule has 2 N–H and O–H groups in total. The second kappa shape index (κ2) is 12.1. The average molecular weight is 472 g/mol. The van der Waals surface area contributed by atoms with E-state index >= 15 is 0 Å². The van der Waals surface area contributed by atoms with Crippen LogP contribution in [0.15, 0.2) is 29.3 Å². The number of nitrogens with zero attached hydrogens (tertiary/aromatic N) is 2. The molecule has 146 valence electrons. The molecular weight excluding hydrogens is 439 g/mol. The maximum absolute atomic E-state index is 11.6. The van der Waals surface area contributed by atoms with Gasteiger partial charge in [-0.1, -0.05) is 31.2 Å². The smallest absolute Gasteiger partial charge is 0.220 e. The van der Waals surface area contributed by atoms with Crippen LogP contribution in [-0.2, 0) is 17.8 Å². The Bertz CT molecular complexity index is 583. The van der Waals surface area contributed by atoms with E-state index in [-0.39, 0.29) is 29.9 Å². The lowest BCUT2D eigenvalue weighted by Crippen LogP contribution is -2.46. The van der Waals surface area contributed by atoms with Gasteiger partial charge in [0.15, 0.2) is 5.96 Å². The summed E-state index contributed by atoms with van der Waals surface area (Å²) < 4.78 is 0. The molecule has 1 aliphatic rings. The second-order valence-electron chi connectivity index (χ2n) is 6.60. The van der Waals surface area contributed by atoms with Crippen LogP contribution < -0.4 is 10.6 Å². The lowest BCUT2D eigenvalue weighted by molar-refractivity contribution is -0.121. The first-order valence-corrected chi connectivity index (χ1v) is 9.48. The summed E-state index contributed by atoms with van der Waals surface area (Å²) in [7, 11) is 1.71. The molecule has 2 rings (SSSR count). The number of carbonyl (C=O) groups is 1. The number of rotatable bonds is 6. The molecule has 0 bridgehead atoms. The van der Waals surface area contributed by atoms with Crippen LogP contribution >= 0.6 is 24.0 Å². The van der Waals surface area contributed by atoms with Crippen molar-refractivity contribution in [1.82, 2.24) is 15.5 Å². The normalized spacial score (nSPS) is 15.3. The first kappa shape index (κ1) is 22.7. The Labute approximate surface area is 175 Å². The highest BCUT2D eigenvalue weighted by molar-refractivity contribution is 14.0. The number of piperidine rings is 1. The fourth-order valence-corrected chi connectivity index (χ4v) is 3.36. The summed E-state index contributed by atoms with van der Waals surface area (Å²) in [4.78, 5) is 18.8. The Hall–Kier alpha value is -1.31. The molecule has 1 aromatic rings. The van der Waals surface area contributed by atoms with Crippen LogP contribution in [0.25, 0.3) is 0 Å². The van der Waals surface area contributed by atoms with Crippen molar-refractivity contribution in [1.29, 1.82) is 0 Å². The SMILES string of the molecule is CCNC(=NCc1ccccc1CC)N1CCC(CC(=O)NC)CC1.I. The van der Waals surface area contributed by atoms with Gasteiger partial charge in [0, 0.05) is 33.1 Å². The third kappa shape index (κ3) is 6.78. The van der Waals surface area contributed by atoms with Crippen LogP contribution in [0.3, 0.4) is 0 Å². The van der Waals surface area contributed by atoms with E-state index < -0.39 is 0 Å². The van der Waals surface area contributed by atoms with E-state index in [1.54, 1.807) is 7.05 Å². The topological polar surface area (TPSA) is 56.7 Å². The summed E-state index contributed by atoms with van der Waals surface area (Å²) in [6, 6.07) is 8.53. The van der Waals surface area contributed by atoms with E-state index in [0.29, 0.717) is 18.9 Å². The molecule has 0 saturated carbocycles. The predicted molar refractivity (Wildman–Crippen MR) is 119 cm³/mol. The third-order valence-corrected chi connectivity index (χ3v) is 4.90. The number of likely N-dealkylation sites (tertiary alicyclic amines) is 1. The molecule has 0 spiro atoms. The maximum Gasteiger partial charge on any atom is 0.220 e. The van der Waals surface area contributed by atoms with Crippen LogP contribution in [0.1, 0.15) is 44.2 Å². The summed E-state index contributed by atoms with van der Waals surface area (Å²) in [5.41, 5.74) is 2.67. The standard InChI is InChI=1S/C20H32N4O.HI/c1-4-17-8-6-7-9-18(17)15-23-20(22-5-2)24-12-10-16(11-13-24)14-19(25)21-3;/h6-9,16H,4-5,10-15H2,1-3H3,(H,21,25)(H,22,23);1H. The molecule has 0 unspecified atom stereocenters. The van der Waals surface area contributed by atoms with Crippen molar-refractivity contribution >= 4 is 35.8 Å². The summed E-state index contributed by atoms with van der Waals surface area (Å²) in [5.74, 6) is 1.63. The Kier molecular flexibility index (Phi) is 10.6. The van der Waals surface area contributed by atoms with Gasteiger partial charge >= 0.3 is 0 Å². The van der Waals surface area contributed by atoms with Crippen molar-refractivity contribution in [2.75, 3.05) is 26.7 Å². The molecule has 1 amide bonds. The Morgan fingerprint density at radius 2 is 1.85 bits per heavy atom. The molecule has 0 aromatic heterocycles. The van der Waals surface area contributed by atoms with Crippen molar-refractivity contribution in [2.24, 2.45) is 10.9 Å². The highest BCUT2D eigenvalue weighted by Gasteiger charge is 2.23. The number of hydrogen-bond donors (Lipinski definition) is 2. The fraction of sp³-hybridized carbons (Fsp3) is 0.600. The largest absolute Gasteiger partial charge is 0.359 e. The van der Waals surface area contributed by atoms with Crippen LogP contribution in [0.2, 0.25) is 0 Å². The summed E-state index contributed by atoms with van der Waals surface area (Å²) in [6.07, 6.45) is 3.77. The van der Waals surface area contributed by atoms with E-state index in [9.17, 15) is 4.79 Å². The van der Waals surface area contributed by atoms with Gasteiger partial charge in [0.25, 0.3) is 0 Å². The van der Waals surface area contributed by atoms with Gasteiger partial charge in [0.2, 0.25) is 5.91 Å². The van der Waals surface area contributed by atoms with E-state index in [1.165, 1.54) is 11.1 Å². The van der Waals surface area contributed by atoms with Crippen molar-refractivity contribution in [3.8, 4) is 0 Å². The van der Waals surface area contributed by atoms with Crippen molar-refractivity contribution in [3.63, 3.8) is 0 Å². The van der Waals surface area contributed by atoms with Gasteiger partial charge in [-0.15, -0.1) is 24.0 Å². The first-order valence-electron chi connectivity index (χ1n) is 9.48. The van der Waals surface area contributed by atoms with Gasteiger partial charge in [-0.25, -0.2) is 4.99 Å². The number of hydrogen-bond acceptors (Lipinski definition) is 2. The van der Waals surface area contributed by atoms with Gasteiger partial charge in [-0.05, 0) is 43.2 Å². The summed E-state index contributed by atoms with van der Waals surface area (Å²) in [6.45, 7) is 7.79. The third-order valence-electron chi connectivity index (χ3n) is 4.90. The zero-order valence-electron chi connectivity index (χ0n) is 16.3. The van der Waals surface area contributed by atoms with Crippen LogP contribution in [0.4, 0.5) is 0 Å². The first-order chi connectivity index (χ1) is 12.2. The molecule has 5 nitrogen and oxygen atoms in total. The maximum atomic E-state index is 11.6. The van der Waals surface area contributed by atoms with Crippen molar-refractivity contribution < 1.29 is 4.79 Å². The van der Waals surface area contributed by atoms with E-state index in [0.717, 1.165) is 44.9 Å². The number of amides is 1. The zero-order chi connectivity index (χ0) is 18.1.